The number of ketones is 1. The van der Waals surface area contributed by atoms with E-state index in [1.807, 2.05) is 54.0 Å². The van der Waals surface area contributed by atoms with Crippen LogP contribution in [0, 0.1) is 6.92 Å². The SMILES string of the molecule is COc1ccc2c(c1)c(C(=O)C(=O)Nc1ccnc(OC)c1)c(C)n2Cc1ccccc1. The second kappa shape index (κ2) is 8.93. The molecule has 162 valence electrons. The number of carbonyl (C=O) groups excluding carboxylic acids is 2. The number of amides is 1. The lowest BCUT2D eigenvalue weighted by Crippen LogP contribution is -2.23. The molecule has 0 fully saturated rings. The van der Waals surface area contributed by atoms with E-state index >= 15 is 0 Å². The molecular formula is C25H23N3O4. The van der Waals surface area contributed by atoms with Crippen LogP contribution in [-0.4, -0.2) is 35.5 Å². The van der Waals surface area contributed by atoms with E-state index in [2.05, 4.69) is 10.3 Å². The van der Waals surface area contributed by atoms with E-state index in [9.17, 15) is 9.59 Å². The molecule has 0 spiro atoms. The summed E-state index contributed by atoms with van der Waals surface area (Å²) >= 11 is 0. The molecule has 1 N–H and O–H groups in total. The quantitative estimate of drug-likeness (QED) is 0.351. The number of nitrogens with one attached hydrogen (secondary N) is 1. The number of pyridine rings is 1. The van der Waals surface area contributed by atoms with Crippen LogP contribution in [0.5, 0.6) is 11.6 Å². The highest BCUT2D eigenvalue weighted by atomic mass is 16.5. The maximum atomic E-state index is 13.3. The van der Waals surface area contributed by atoms with Crippen molar-refractivity contribution in [3.05, 3.63) is 83.7 Å². The van der Waals surface area contributed by atoms with Crippen LogP contribution in [0.3, 0.4) is 0 Å². The minimum absolute atomic E-state index is 0.343. The molecule has 4 rings (SSSR count). The molecule has 7 heteroatoms. The van der Waals surface area contributed by atoms with Gasteiger partial charge in [0, 0.05) is 41.1 Å². The lowest BCUT2D eigenvalue weighted by atomic mass is 10.1. The molecular weight excluding hydrogens is 406 g/mol. The van der Waals surface area contributed by atoms with Crippen LogP contribution in [0.25, 0.3) is 10.9 Å². The predicted octanol–water partition coefficient (Wildman–Crippen LogP) is 4.23. The van der Waals surface area contributed by atoms with Gasteiger partial charge in [-0.3, -0.25) is 9.59 Å². The smallest absolute Gasteiger partial charge is 0.296 e. The van der Waals surface area contributed by atoms with Crippen LogP contribution in [0.4, 0.5) is 5.69 Å². The van der Waals surface area contributed by atoms with Crippen LogP contribution >= 0.6 is 0 Å². The summed E-state index contributed by atoms with van der Waals surface area (Å²) in [4.78, 5) is 30.2. The second-order valence-electron chi connectivity index (χ2n) is 7.29. The summed E-state index contributed by atoms with van der Waals surface area (Å²) in [5, 5.41) is 3.32. The van der Waals surface area contributed by atoms with E-state index in [0.29, 0.717) is 40.5 Å². The van der Waals surface area contributed by atoms with Gasteiger partial charge in [-0.15, -0.1) is 0 Å². The molecule has 0 saturated heterocycles. The first-order chi connectivity index (χ1) is 15.5. The maximum absolute atomic E-state index is 13.3. The average Bonchev–Trinajstić information content (AvgIpc) is 3.09. The molecule has 4 aromatic rings. The van der Waals surface area contributed by atoms with Gasteiger partial charge in [-0.2, -0.15) is 0 Å². The fraction of sp³-hybridized carbons (Fsp3) is 0.160. The average molecular weight is 429 g/mol. The van der Waals surface area contributed by atoms with Crippen LogP contribution in [0.2, 0.25) is 0 Å². The summed E-state index contributed by atoms with van der Waals surface area (Å²) < 4.78 is 12.5. The Labute approximate surface area is 185 Å². The van der Waals surface area contributed by atoms with Gasteiger partial charge < -0.3 is 19.4 Å². The number of anilines is 1. The molecule has 0 aliphatic rings. The Kier molecular flexibility index (Phi) is 5.89. The van der Waals surface area contributed by atoms with E-state index in [-0.39, 0.29) is 0 Å². The number of carbonyl (C=O) groups is 2. The summed E-state index contributed by atoms with van der Waals surface area (Å²) in [5.74, 6) is -0.399. The van der Waals surface area contributed by atoms with Crippen molar-refractivity contribution in [3.8, 4) is 11.6 Å². The third-order valence-corrected chi connectivity index (χ3v) is 5.35. The van der Waals surface area contributed by atoms with Crippen molar-refractivity contribution >= 4 is 28.3 Å². The second-order valence-corrected chi connectivity index (χ2v) is 7.29. The molecule has 0 unspecified atom stereocenters. The molecule has 2 aromatic carbocycles. The number of fused-ring (bicyclic) bond motifs is 1. The summed E-state index contributed by atoms with van der Waals surface area (Å²) in [6.07, 6.45) is 1.50. The van der Waals surface area contributed by atoms with Crippen LogP contribution in [-0.2, 0) is 11.3 Å². The molecule has 0 aliphatic carbocycles. The molecule has 0 bridgehead atoms. The predicted molar refractivity (Wildman–Crippen MR) is 123 cm³/mol. The Morgan fingerprint density at radius 3 is 2.50 bits per heavy atom. The van der Waals surface area contributed by atoms with E-state index in [1.54, 1.807) is 25.3 Å². The third kappa shape index (κ3) is 4.05. The maximum Gasteiger partial charge on any atom is 0.296 e. The van der Waals surface area contributed by atoms with Gasteiger partial charge in [-0.05, 0) is 36.8 Å². The van der Waals surface area contributed by atoms with Gasteiger partial charge in [0.1, 0.15) is 5.75 Å². The van der Waals surface area contributed by atoms with Gasteiger partial charge in [0.15, 0.2) is 0 Å². The summed E-state index contributed by atoms with van der Waals surface area (Å²) in [7, 11) is 3.05. The first-order valence-corrected chi connectivity index (χ1v) is 10.1. The summed E-state index contributed by atoms with van der Waals surface area (Å²) in [6, 6.07) is 18.7. The van der Waals surface area contributed by atoms with Gasteiger partial charge in [0.25, 0.3) is 11.7 Å². The van der Waals surface area contributed by atoms with Crippen molar-refractivity contribution in [2.45, 2.75) is 13.5 Å². The minimum Gasteiger partial charge on any atom is -0.497 e. The highest BCUT2D eigenvalue weighted by Crippen LogP contribution is 2.31. The van der Waals surface area contributed by atoms with Crippen LogP contribution in [0.1, 0.15) is 21.6 Å². The first-order valence-electron chi connectivity index (χ1n) is 10.1. The number of ether oxygens (including phenoxy) is 2. The molecule has 32 heavy (non-hydrogen) atoms. The van der Waals surface area contributed by atoms with Gasteiger partial charge in [-0.1, -0.05) is 30.3 Å². The van der Waals surface area contributed by atoms with Crippen molar-refractivity contribution in [1.82, 2.24) is 9.55 Å². The number of Topliss-reactive ketones (excluding diaryl/α,β-unsaturated/α-hetero) is 1. The third-order valence-electron chi connectivity index (χ3n) is 5.35. The summed E-state index contributed by atoms with van der Waals surface area (Å²) in [6.45, 7) is 2.43. The standard InChI is InChI=1S/C25H23N3O4/c1-16-23(24(29)25(30)27-18-11-12-26-22(13-18)32-3)20-14-19(31-2)9-10-21(20)28(16)15-17-7-5-4-6-8-17/h4-14H,15H2,1-3H3,(H,26,27,30). The Morgan fingerprint density at radius 1 is 1.00 bits per heavy atom. The number of nitrogens with zero attached hydrogens (tertiary/aromatic N) is 2. The summed E-state index contributed by atoms with van der Waals surface area (Å²) in [5.41, 5.74) is 3.45. The lowest BCUT2D eigenvalue weighted by molar-refractivity contribution is -0.112. The zero-order valence-corrected chi connectivity index (χ0v) is 18.1. The lowest BCUT2D eigenvalue weighted by Gasteiger charge is -2.09. The molecule has 7 nitrogen and oxygen atoms in total. The normalized spacial score (nSPS) is 10.7. The minimum atomic E-state index is -0.733. The van der Waals surface area contributed by atoms with Crippen LogP contribution in [0.15, 0.2) is 66.9 Å². The Morgan fingerprint density at radius 2 is 1.78 bits per heavy atom. The van der Waals surface area contributed by atoms with Gasteiger partial charge in [0.2, 0.25) is 5.88 Å². The Bertz CT molecular complexity index is 1300. The monoisotopic (exact) mass is 429 g/mol. The van der Waals surface area contributed by atoms with Crippen molar-refractivity contribution < 1.29 is 19.1 Å². The number of methoxy groups -OCH3 is 2. The van der Waals surface area contributed by atoms with Crippen molar-refractivity contribution in [3.63, 3.8) is 0 Å². The van der Waals surface area contributed by atoms with E-state index in [4.69, 9.17) is 9.47 Å². The zero-order chi connectivity index (χ0) is 22.7. The van der Waals surface area contributed by atoms with Crippen molar-refractivity contribution in [1.29, 1.82) is 0 Å². The van der Waals surface area contributed by atoms with E-state index < -0.39 is 11.7 Å². The highest BCUT2D eigenvalue weighted by molar-refractivity contribution is 6.48. The Balaban J connectivity index is 1.75. The molecule has 2 aromatic heterocycles. The molecule has 0 saturated carbocycles. The number of aromatic nitrogens is 2. The topological polar surface area (TPSA) is 82.5 Å². The first kappa shape index (κ1) is 21.1. The number of hydrogen-bond donors (Lipinski definition) is 1. The van der Waals surface area contributed by atoms with Gasteiger partial charge in [0.05, 0.1) is 19.8 Å². The number of hydrogen-bond acceptors (Lipinski definition) is 5. The number of rotatable bonds is 7. The fourth-order valence-corrected chi connectivity index (χ4v) is 3.74. The number of benzene rings is 2. The highest BCUT2D eigenvalue weighted by Gasteiger charge is 2.26. The van der Waals surface area contributed by atoms with Crippen molar-refractivity contribution in [2.75, 3.05) is 19.5 Å². The largest absolute Gasteiger partial charge is 0.497 e. The molecule has 2 heterocycles. The molecule has 0 aliphatic heterocycles. The zero-order valence-electron chi connectivity index (χ0n) is 18.1. The molecule has 0 radical (unpaired) electrons. The van der Waals surface area contributed by atoms with Gasteiger partial charge >= 0.3 is 0 Å². The fourth-order valence-electron chi connectivity index (χ4n) is 3.74. The van der Waals surface area contributed by atoms with E-state index in [1.165, 1.54) is 13.3 Å². The van der Waals surface area contributed by atoms with Crippen molar-refractivity contribution in [2.24, 2.45) is 0 Å². The van der Waals surface area contributed by atoms with Gasteiger partial charge in [-0.25, -0.2) is 4.98 Å². The molecule has 1 amide bonds. The van der Waals surface area contributed by atoms with Crippen LogP contribution < -0.4 is 14.8 Å². The molecule has 0 atom stereocenters. The Hall–Kier alpha value is -4.13. The van der Waals surface area contributed by atoms with E-state index in [0.717, 1.165) is 11.1 Å².